The SMILES string of the molecule is C1OC1CC1CO1.O=C(O)CC(=O)OCOC(=O)CC(=O)O.O=C(O)CC(=O)OCOC(=O)CC(=O)OCC(O)CC(O)COC(=O)CC(=O)OCOC(=O)CC(=O)O. The lowest BCUT2D eigenvalue weighted by Gasteiger charge is -2.16. The first kappa shape index (κ1) is 52.5. The number of rotatable bonds is 26. The summed E-state index contributed by atoms with van der Waals surface area (Å²) in [4.78, 5) is 129. The predicted molar refractivity (Wildman–Crippen MR) is 172 cm³/mol. The molecule has 0 aromatic carbocycles. The maximum Gasteiger partial charge on any atom is 0.320 e. The second kappa shape index (κ2) is 29.7. The van der Waals surface area contributed by atoms with Crippen molar-refractivity contribution in [2.24, 2.45) is 0 Å². The van der Waals surface area contributed by atoms with Crippen LogP contribution in [0.5, 0.6) is 0 Å². The minimum atomic E-state index is -1.46. The molecule has 0 radical (unpaired) electrons. The Labute approximate surface area is 330 Å². The fraction of sp³-hybridized carbons (Fsp3) is 0.613. The molecule has 0 bridgehead atoms. The van der Waals surface area contributed by atoms with Crippen molar-refractivity contribution in [2.75, 3.05) is 46.8 Å². The molecule has 2 aliphatic heterocycles. The van der Waals surface area contributed by atoms with Crippen LogP contribution in [-0.2, 0) is 105 Å². The lowest BCUT2D eigenvalue weighted by atomic mass is 10.2. The summed E-state index contributed by atoms with van der Waals surface area (Å²) in [6.45, 7) is -2.04. The molecule has 28 nitrogen and oxygen atoms in total. The number of ether oxygens (including phenoxy) is 10. The molecule has 28 heteroatoms. The van der Waals surface area contributed by atoms with Crippen molar-refractivity contribution in [3.05, 3.63) is 0 Å². The molecule has 2 rings (SSSR count). The van der Waals surface area contributed by atoms with Gasteiger partial charge in [0, 0.05) is 12.8 Å². The number of aliphatic carboxylic acids is 4. The van der Waals surface area contributed by atoms with Crippen LogP contribution in [0.25, 0.3) is 0 Å². The zero-order valence-electron chi connectivity index (χ0n) is 30.6. The van der Waals surface area contributed by atoms with Crippen molar-refractivity contribution in [3.63, 3.8) is 0 Å². The number of carbonyl (C=O) groups excluding carboxylic acids is 8. The van der Waals surface area contributed by atoms with E-state index in [1.165, 1.54) is 0 Å². The summed E-state index contributed by atoms with van der Waals surface area (Å²) < 4.78 is 44.7. The van der Waals surface area contributed by atoms with Gasteiger partial charge >= 0.3 is 71.6 Å². The Kier molecular flexibility index (Phi) is 26.4. The summed E-state index contributed by atoms with van der Waals surface area (Å²) in [5.74, 6) is -14.8. The Bertz CT molecular complexity index is 1370. The summed E-state index contributed by atoms with van der Waals surface area (Å²) in [5, 5.41) is 52.4. The second-order valence-corrected chi connectivity index (χ2v) is 11.1. The largest absolute Gasteiger partial charge is 0.481 e. The van der Waals surface area contributed by atoms with Crippen molar-refractivity contribution in [3.8, 4) is 0 Å². The minimum absolute atomic E-state index is 0.450. The molecule has 2 heterocycles. The summed E-state index contributed by atoms with van der Waals surface area (Å²) in [5.41, 5.74) is 0. The highest BCUT2D eigenvalue weighted by Gasteiger charge is 2.33. The molecule has 0 aromatic heterocycles. The molecule has 6 N–H and O–H groups in total. The van der Waals surface area contributed by atoms with Crippen LogP contribution in [0.15, 0.2) is 0 Å². The molecule has 0 saturated carbocycles. The molecule has 2 fully saturated rings. The van der Waals surface area contributed by atoms with Crippen LogP contribution in [0.1, 0.15) is 51.4 Å². The van der Waals surface area contributed by atoms with Gasteiger partial charge in [-0.1, -0.05) is 0 Å². The van der Waals surface area contributed by atoms with Crippen LogP contribution in [0, 0.1) is 0 Å². The van der Waals surface area contributed by atoms with Gasteiger partial charge in [0.25, 0.3) is 0 Å². The number of carboxylic acid groups (broad SMARTS) is 4. The van der Waals surface area contributed by atoms with Crippen LogP contribution >= 0.6 is 0 Å². The average molecular weight is 861 g/mol. The zero-order chi connectivity index (χ0) is 44.9. The van der Waals surface area contributed by atoms with E-state index < -0.39 is 162 Å². The molecule has 0 amide bonds. The molecular weight excluding hydrogens is 820 g/mol. The molecule has 0 aromatic rings. The van der Waals surface area contributed by atoms with Gasteiger partial charge in [-0.25, -0.2) is 0 Å². The Hall–Kier alpha value is -6.52. The maximum absolute atomic E-state index is 11.5. The summed E-state index contributed by atoms with van der Waals surface area (Å²) in [6.07, 6.45) is -6.55. The van der Waals surface area contributed by atoms with Crippen LogP contribution in [0.3, 0.4) is 0 Å². The van der Waals surface area contributed by atoms with E-state index in [0.717, 1.165) is 19.6 Å². The van der Waals surface area contributed by atoms with Crippen molar-refractivity contribution in [1.29, 1.82) is 0 Å². The van der Waals surface area contributed by atoms with Crippen LogP contribution in [0.4, 0.5) is 0 Å². The molecule has 59 heavy (non-hydrogen) atoms. The van der Waals surface area contributed by atoms with Crippen LogP contribution in [0.2, 0.25) is 0 Å². The molecule has 332 valence electrons. The van der Waals surface area contributed by atoms with Gasteiger partial charge in [-0.3, -0.25) is 57.5 Å². The zero-order valence-corrected chi connectivity index (χ0v) is 30.6. The maximum atomic E-state index is 11.5. The topological polar surface area (TPSA) is 425 Å². The first-order valence-electron chi connectivity index (χ1n) is 16.4. The number of aliphatic hydroxyl groups excluding tert-OH is 2. The molecule has 2 aliphatic rings. The van der Waals surface area contributed by atoms with E-state index in [0.29, 0.717) is 12.2 Å². The first-order chi connectivity index (χ1) is 27.6. The third-order valence-electron chi connectivity index (χ3n) is 5.83. The highest BCUT2D eigenvalue weighted by Crippen LogP contribution is 2.23. The number of epoxide rings is 2. The third-order valence-corrected chi connectivity index (χ3v) is 5.83. The van der Waals surface area contributed by atoms with Crippen molar-refractivity contribution in [2.45, 2.75) is 75.8 Å². The van der Waals surface area contributed by atoms with E-state index in [1.807, 2.05) is 0 Å². The van der Waals surface area contributed by atoms with Gasteiger partial charge in [0.2, 0.25) is 20.4 Å². The normalized spacial score (nSPS) is 15.2. The second-order valence-electron chi connectivity index (χ2n) is 11.1. The molecular formula is C31H40O28. The number of carboxylic acids is 4. The quantitative estimate of drug-likeness (QED) is 0.0159. The van der Waals surface area contributed by atoms with Gasteiger partial charge in [0.1, 0.15) is 51.7 Å². The van der Waals surface area contributed by atoms with E-state index in [9.17, 15) is 67.7 Å². The van der Waals surface area contributed by atoms with Gasteiger partial charge in [0.15, 0.2) is 0 Å². The van der Waals surface area contributed by atoms with Gasteiger partial charge in [-0.05, 0) is 0 Å². The van der Waals surface area contributed by atoms with Crippen molar-refractivity contribution >= 4 is 71.6 Å². The molecule has 0 spiro atoms. The fourth-order valence-electron chi connectivity index (χ4n) is 3.15. The van der Waals surface area contributed by atoms with Crippen LogP contribution in [-0.4, -0.2) is 173 Å². The van der Waals surface area contributed by atoms with Gasteiger partial charge in [-0.15, -0.1) is 0 Å². The monoisotopic (exact) mass is 860 g/mol. The number of esters is 8. The lowest BCUT2D eigenvalue weighted by Crippen LogP contribution is -2.28. The smallest absolute Gasteiger partial charge is 0.320 e. The van der Waals surface area contributed by atoms with Gasteiger partial charge in [0.05, 0.1) is 37.6 Å². The average Bonchev–Trinajstić information content (AvgIpc) is 4.04. The number of carbonyl (C=O) groups is 12. The number of hydrogen-bond donors (Lipinski definition) is 6. The van der Waals surface area contributed by atoms with Gasteiger partial charge < -0.3 is 78.0 Å². The Balaban J connectivity index is 0.00000122. The third kappa shape index (κ3) is 35.6. The van der Waals surface area contributed by atoms with Gasteiger partial charge in [-0.2, -0.15) is 0 Å². The van der Waals surface area contributed by atoms with E-state index in [2.05, 4.69) is 37.9 Å². The molecule has 0 aliphatic carbocycles. The highest BCUT2D eigenvalue weighted by molar-refractivity contribution is 5.93. The Morgan fingerprint density at radius 1 is 0.407 bits per heavy atom. The van der Waals surface area contributed by atoms with E-state index in [4.69, 9.17) is 29.9 Å². The first-order valence-corrected chi connectivity index (χ1v) is 16.4. The molecule has 4 atom stereocenters. The molecule has 4 unspecified atom stereocenters. The summed E-state index contributed by atoms with van der Waals surface area (Å²) in [6, 6.07) is 0. The van der Waals surface area contributed by atoms with Crippen LogP contribution < -0.4 is 0 Å². The minimum Gasteiger partial charge on any atom is -0.481 e. The standard InChI is InChI=1S/C19H24O18.C7H8O8.C5H8O2/c20-10(6-32-16(28)4-18(30)36-8-34-14(26)2-12(22)23)1-11(21)7-33-17(29)5-19(31)37-9-35-15(27)3-13(24)25;8-4(9)1-6(12)14-3-15-7(13)2-5(10)11;1(4-2-6-4)5-3-7-5/h10-11,20-21H,1-9H2,(H,22,23)(H,24,25);1-3H2,(H,8,9)(H,10,11);4-5H,1-3H2. The summed E-state index contributed by atoms with van der Waals surface area (Å²) in [7, 11) is 0. The summed E-state index contributed by atoms with van der Waals surface area (Å²) >= 11 is 0. The highest BCUT2D eigenvalue weighted by atomic mass is 16.7. The predicted octanol–water partition coefficient (Wildman–Crippen LogP) is -3.84. The van der Waals surface area contributed by atoms with E-state index in [1.54, 1.807) is 0 Å². The van der Waals surface area contributed by atoms with E-state index >= 15 is 0 Å². The van der Waals surface area contributed by atoms with Crippen molar-refractivity contribution in [1.82, 2.24) is 0 Å². The number of hydrogen-bond acceptors (Lipinski definition) is 24. The lowest BCUT2D eigenvalue weighted by molar-refractivity contribution is -0.173. The Morgan fingerprint density at radius 2 is 0.627 bits per heavy atom. The van der Waals surface area contributed by atoms with Crippen molar-refractivity contribution < 1.29 is 136 Å². The fourth-order valence-corrected chi connectivity index (χ4v) is 3.15. The molecule has 2 saturated heterocycles. The number of aliphatic hydroxyl groups is 2. The van der Waals surface area contributed by atoms with E-state index in [-0.39, 0.29) is 0 Å². The Morgan fingerprint density at radius 3 is 0.847 bits per heavy atom.